The Morgan fingerprint density at radius 2 is 2.21 bits per heavy atom. The van der Waals surface area contributed by atoms with Gasteiger partial charge in [0, 0.05) is 19.6 Å². The fraction of sp³-hybridized carbons (Fsp3) is 0.818. The van der Waals surface area contributed by atoms with E-state index in [1.54, 1.807) is 7.11 Å². The number of methoxy groups -OCH3 is 1. The predicted molar refractivity (Wildman–Crippen MR) is 56.7 cm³/mol. The van der Waals surface area contributed by atoms with Crippen LogP contribution in [0, 0.1) is 5.92 Å². The molecule has 0 aromatic carbocycles. The fourth-order valence-corrected chi connectivity index (χ4v) is 1.76. The van der Waals surface area contributed by atoms with Gasteiger partial charge in [-0.1, -0.05) is 20.8 Å². The summed E-state index contributed by atoms with van der Waals surface area (Å²) in [6, 6.07) is 0. The molecule has 0 radical (unpaired) electrons. The highest BCUT2D eigenvalue weighted by Crippen LogP contribution is 2.27. The van der Waals surface area contributed by atoms with E-state index in [9.17, 15) is 0 Å². The van der Waals surface area contributed by atoms with Crippen molar-refractivity contribution in [2.45, 2.75) is 27.2 Å². The summed E-state index contributed by atoms with van der Waals surface area (Å²) >= 11 is 0. The van der Waals surface area contributed by atoms with Crippen LogP contribution in [0.5, 0.6) is 0 Å². The Kier molecular flexibility index (Phi) is 4.26. The maximum atomic E-state index is 5.68. The second kappa shape index (κ2) is 5.25. The van der Waals surface area contributed by atoms with Gasteiger partial charge in [-0.2, -0.15) is 0 Å². The summed E-state index contributed by atoms with van der Waals surface area (Å²) in [5, 5.41) is 0. The monoisotopic (exact) mass is 199 g/mol. The average molecular weight is 199 g/mol. The molecule has 0 spiro atoms. The van der Waals surface area contributed by atoms with Crippen molar-refractivity contribution in [3.05, 3.63) is 11.5 Å². The highest BCUT2D eigenvalue weighted by molar-refractivity contribution is 5.12. The lowest BCUT2D eigenvalue weighted by molar-refractivity contribution is 0.106. The Balaban J connectivity index is 2.63. The van der Waals surface area contributed by atoms with Gasteiger partial charge < -0.3 is 14.4 Å². The van der Waals surface area contributed by atoms with Crippen LogP contribution in [-0.4, -0.2) is 31.9 Å². The van der Waals surface area contributed by atoms with Crippen molar-refractivity contribution in [1.82, 2.24) is 4.90 Å². The summed E-state index contributed by atoms with van der Waals surface area (Å²) in [7, 11) is 1.73. The van der Waals surface area contributed by atoms with Crippen molar-refractivity contribution in [2.24, 2.45) is 5.92 Å². The molecule has 0 saturated heterocycles. The standard InChI is InChI=1S/C11H21NO2/c1-5-10-11(9(2)3)14-8-12(10)6-7-13-4/h9H,5-8H2,1-4H3. The lowest BCUT2D eigenvalue weighted by atomic mass is 10.1. The van der Waals surface area contributed by atoms with E-state index >= 15 is 0 Å². The minimum atomic E-state index is 0.484. The Morgan fingerprint density at radius 1 is 1.50 bits per heavy atom. The number of ether oxygens (including phenoxy) is 2. The Morgan fingerprint density at radius 3 is 2.71 bits per heavy atom. The van der Waals surface area contributed by atoms with E-state index in [1.807, 2.05) is 0 Å². The Labute approximate surface area is 86.7 Å². The van der Waals surface area contributed by atoms with Gasteiger partial charge >= 0.3 is 0 Å². The predicted octanol–water partition coefficient (Wildman–Crippen LogP) is 2.20. The van der Waals surface area contributed by atoms with Crippen LogP contribution in [0.15, 0.2) is 11.5 Å². The molecule has 1 rings (SSSR count). The zero-order chi connectivity index (χ0) is 10.6. The molecule has 0 bridgehead atoms. The number of allylic oxidation sites excluding steroid dienone is 2. The van der Waals surface area contributed by atoms with Gasteiger partial charge in [0.15, 0.2) is 6.73 Å². The number of hydrogen-bond donors (Lipinski definition) is 0. The normalized spacial score (nSPS) is 16.8. The first-order valence-corrected chi connectivity index (χ1v) is 5.30. The van der Waals surface area contributed by atoms with Gasteiger partial charge in [0.25, 0.3) is 0 Å². The zero-order valence-corrected chi connectivity index (χ0v) is 9.67. The average Bonchev–Trinajstić information content (AvgIpc) is 2.57. The molecular formula is C11H21NO2. The third kappa shape index (κ3) is 2.41. The van der Waals surface area contributed by atoms with Gasteiger partial charge in [-0.3, -0.25) is 0 Å². The molecular weight excluding hydrogens is 178 g/mol. The second-order valence-corrected chi connectivity index (χ2v) is 3.85. The quantitative estimate of drug-likeness (QED) is 0.677. The summed E-state index contributed by atoms with van der Waals surface area (Å²) in [5.41, 5.74) is 1.34. The van der Waals surface area contributed by atoms with Crippen LogP contribution in [0.25, 0.3) is 0 Å². The van der Waals surface area contributed by atoms with Crippen molar-refractivity contribution >= 4 is 0 Å². The molecule has 1 aliphatic rings. The molecule has 0 atom stereocenters. The Hall–Kier alpha value is -0.700. The molecule has 0 saturated carbocycles. The van der Waals surface area contributed by atoms with Crippen LogP contribution < -0.4 is 0 Å². The minimum Gasteiger partial charge on any atom is -0.475 e. The smallest absolute Gasteiger partial charge is 0.161 e. The van der Waals surface area contributed by atoms with Gasteiger partial charge in [0.1, 0.15) is 5.76 Å². The van der Waals surface area contributed by atoms with Gasteiger partial charge in [-0.25, -0.2) is 0 Å². The van der Waals surface area contributed by atoms with E-state index < -0.39 is 0 Å². The third-order valence-electron chi connectivity index (χ3n) is 2.47. The first kappa shape index (κ1) is 11.4. The highest BCUT2D eigenvalue weighted by Gasteiger charge is 2.23. The van der Waals surface area contributed by atoms with Gasteiger partial charge in [0.2, 0.25) is 0 Å². The lowest BCUT2D eigenvalue weighted by Gasteiger charge is -2.18. The van der Waals surface area contributed by atoms with Crippen LogP contribution in [0.4, 0.5) is 0 Å². The van der Waals surface area contributed by atoms with E-state index in [2.05, 4.69) is 25.7 Å². The van der Waals surface area contributed by atoms with Crippen LogP contribution in [-0.2, 0) is 9.47 Å². The molecule has 3 nitrogen and oxygen atoms in total. The second-order valence-electron chi connectivity index (χ2n) is 3.85. The van der Waals surface area contributed by atoms with Gasteiger partial charge in [0.05, 0.1) is 12.3 Å². The minimum absolute atomic E-state index is 0.484. The molecule has 82 valence electrons. The van der Waals surface area contributed by atoms with Gasteiger partial charge in [-0.05, 0) is 6.42 Å². The van der Waals surface area contributed by atoms with E-state index in [0.29, 0.717) is 12.6 Å². The first-order chi connectivity index (χ1) is 6.70. The molecule has 0 aliphatic carbocycles. The van der Waals surface area contributed by atoms with Crippen molar-refractivity contribution in [2.75, 3.05) is 27.0 Å². The van der Waals surface area contributed by atoms with Crippen molar-refractivity contribution < 1.29 is 9.47 Å². The molecule has 0 amide bonds. The maximum Gasteiger partial charge on any atom is 0.161 e. The SMILES string of the molecule is CCC1=C(C(C)C)OCN1CCOC. The van der Waals surface area contributed by atoms with Crippen LogP contribution >= 0.6 is 0 Å². The molecule has 3 heteroatoms. The number of rotatable bonds is 5. The molecule has 0 N–H and O–H groups in total. The summed E-state index contributed by atoms with van der Waals surface area (Å²) in [4.78, 5) is 2.26. The lowest BCUT2D eigenvalue weighted by Crippen LogP contribution is -2.24. The molecule has 1 heterocycles. The maximum absolute atomic E-state index is 5.68. The van der Waals surface area contributed by atoms with Gasteiger partial charge in [-0.15, -0.1) is 0 Å². The number of hydrogen-bond acceptors (Lipinski definition) is 3. The molecule has 0 aromatic rings. The van der Waals surface area contributed by atoms with Crippen LogP contribution in [0.2, 0.25) is 0 Å². The van der Waals surface area contributed by atoms with Crippen molar-refractivity contribution in [3.63, 3.8) is 0 Å². The third-order valence-corrected chi connectivity index (χ3v) is 2.47. The van der Waals surface area contributed by atoms with E-state index in [0.717, 1.165) is 25.3 Å². The van der Waals surface area contributed by atoms with E-state index in [4.69, 9.17) is 9.47 Å². The summed E-state index contributed by atoms with van der Waals surface area (Å²) in [6.07, 6.45) is 1.04. The molecule has 0 fully saturated rings. The van der Waals surface area contributed by atoms with Crippen LogP contribution in [0.1, 0.15) is 27.2 Å². The largest absolute Gasteiger partial charge is 0.475 e. The summed E-state index contributed by atoms with van der Waals surface area (Å²) < 4.78 is 10.8. The zero-order valence-electron chi connectivity index (χ0n) is 9.67. The molecule has 14 heavy (non-hydrogen) atoms. The number of nitrogens with zero attached hydrogens (tertiary/aromatic N) is 1. The topological polar surface area (TPSA) is 21.7 Å². The van der Waals surface area contributed by atoms with Crippen molar-refractivity contribution in [3.8, 4) is 0 Å². The Bertz CT molecular complexity index is 211. The molecule has 0 aromatic heterocycles. The summed E-state index contributed by atoms with van der Waals surface area (Å²) in [5.74, 6) is 1.64. The van der Waals surface area contributed by atoms with Crippen LogP contribution in [0.3, 0.4) is 0 Å². The summed E-state index contributed by atoms with van der Waals surface area (Å²) in [6.45, 7) is 8.90. The fourth-order valence-electron chi connectivity index (χ4n) is 1.76. The highest BCUT2D eigenvalue weighted by atomic mass is 16.5. The van der Waals surface area contributed by atoms with Crippen molar-refractivity contribution in [1.29, 1.82) is 0 Å². The van der Waals surface area contributed by atoms with E-state index in [1.165, 1.54) is 5.70 Å². The molecule has 1 aliphatic heterocycles. The molecule has 0 unspecified atom stereocenters. The first-order valence-electron chi connectivity index (χ1n) is 5.30. The van der Waals surface area contributed by atoms with E-state index in [-0.39, 0.29) is 0 Å².